The fourth-order valence-corrected chi connectivity index (χ4v) is 3.22. The van der Waals surface area contributed by atoms with Crippen molar-refractivity contribution in [2.24, 2.45) is 4.99 Å². The molecule has 2 N–H and O–H groups in total. The Labute approximate surface area is 181 Å². The number of piperazine rings is 1. The molecule has 2 rings (SSSR count). The number of nitrogens with one attached hydrogen (secondary N) is 2. The monoisotopic (exact) mass is 418 g/mol. The molecule has 168 valence electrons. The molecule has 1 aliphatic heterocycles. The molecule has 2 heterocycles. The van der Waals surface area contributed by atoms with Crippen LogP contribution in [-0.2, 0) is 9.53 Å². The van der Waals surface area contributed by atoms with Gasteiger partial charge >= 0.3 is 0 Å². The zero-order valence-corrected chi connectivity index (χ0v) is 18.6. The summed E-state index contributed by atoms with van der Waals surface area (Å²) in [5, 5.41) is 6.50. The van der Waals surface area contributed by atoms with Gasteiger partial charge in [-0.2, -0.15) is 0 Å². The van der Waals surface area contributed by atoms with Gasteiger partial charge in [0.05, 0.1) is 0 Å². The Morgan fingerprint density at radius 3 is 2.63 bits per heavy atom. The molecular formula is C22H38N6O2. The maximum absolute atomic E-state index is 12.5. The van der Waals surface area contributed by atoms with E-state index in [1.165, 1.54) is 0 Å². The average Bonchev–Trinajstić information content (AvgIpc) is 2.79. The van der Waals surface area contributed by atoms with Crippen LogP contribution in [0.3, 0.4) is 0 Å². The first-order valence-corrected chi connectivity index (χ1v) is 11.3. The summed E-state index contributed by atoms with van der Waals surface area (Å²) in [7, 11) is 0. The van der Waals surface area contributed by atoms with E-state index in [2.05, 4.69) is 32.4 Å². The molecule has 0 aromatic carbocycles. The summed E-state index contributed by atoms with van der Waals surface area (Å²) in [4.78, 5) is 25.7. The van der Waals surface area contributed by atoms with Gasteiger partial charge in [-0.1, -0.05) is 19.4 Å². The third-order valence-corrected chi connectivity index (χ3v) is 4.94. The predicted molar refractivity (Wildman–Crippen MR) is 122 cm³/mol. The molecule has 1 aliphatic rings. The first-order chi connectivity index (χ1) is 14.7. The van der Waals surface area contributed by atoms with E-state index in [4.69, 9.17) is 4.74 Å². The van der Waals surface area contributed by atoms with Crippen molar-refractivity contribution in [2.45, 2.75) is 39.5 Å². The van der Waals surface area contributed by atoms with Crippen molar-refractivity contribution in [3.63, 3.8) is 0 Å². The summed E-state index contributed by atoms with van der Waals surface area (Å²) in [6, 6.07) is 5.93. The number of ether oxygens (including phenoxy) is 1. The number of aromatic nitrogens is 1. The van der Waals surface area contributed by atoms with Crippen LogP contribution in [0.2, 0.25) is 0 Å². The number of unbranched alkanes of at least 4 members (excludes halogenated alkanes) is 1. The van der Waals surface area contributed by atoms with E-state index in [-0.39, 0.29) is 5.91 Å². The van der Waals surface area contributed by atoms with Crippen molar-refractivity contribution in [3.05, 3.63) is 24.4 Å². The van der Waals surface area contributed by atoms with E-state index in [9.17, 15) is 4.79 Å². The van der Waals surface area contributed by atoms with Crippen molar-refractivity contribution >= 4 is 17.7 Å². The number of anilines is 1. The standard InChI is InChI=1S/C22H38N6O2/c1-3-5-18-30-19-8-12-25-22(23-4-2)26-13-10-21(29)28-16-14-27(15-17-28)20-9-6-7-11-24-20/h6-7,9,11H,3-5,8,10,12-19H2,1-2H3,(H2,23,25,26). The van der Waals surface area contributed by atoms with E-state index in [1.807, 2.05) is 36.2 Å². The minimum atomic E-state index is 0.184. The molecule has 0 radical (unpaired) electrons. The Morgan fingerprint density at radius 2 is 1.93 bits per heavy atom. The molecule has 1 amide bonds. The van der Waals surface area contributed by atoms with Crippen LogP contribution in [0.1, 0.15) is 39.5 Å². The number of guanidine groups is 1. The maximum atomic E-state index is 12.5. The van der Waals surface area contributed by atoms with Crippen LogP contribution >= 0.6 is 0 Å². The molecule has 30 heavy (non-hydrogen) atoms. The van der Waals surface area contributed by atoms with Gasteiger partial charge in [-0.15, -0.1) is 0 Å². The number of aliphatic imine (C=N–C) groups is 1. The average molecular weight is 419 g/mol. The van der Waals surface area contributed by atoms with E-state index in [0.29, 0.717) is 19.5 Å². The van der Waals surface area contributed by atoms with Crippen LogP contribution in [0.4, 0.5) is 5.82 Å². The van der Waals surface area contributed by atoms with Gasteiger partial charge < -0.3 is 25.2 Å². The highest BCUT2D eigenvalue weighted by Gasteiger charge is 2.21. The number of carbonyl (C=O) groups is 1. The van der Waals surface area contributed by atoms with Crippen LogP contribution in [0.25, 0.3) is 0 Å². The summed E-state index contributed by atoms with van der Waals surface area (Å²) in [6.07, 6.45) is 5.44. The summed E-state index contributed by atoms with van der Waals surface area (Å²) < 4.78 is 5.56. The van der Waals surface area contributed by atoms with Crippen LogP contribution in [0.15, 0.2) is 29.4 Å². The van der Waals surface area contributed by atoms with Crippen molar-refractivity contribution in [1.82, 2.24) is 20.5 Å². The quantitative estimate of drug-likeness (QED) is 0.306. The lowest BCUT2D eigenvalue weighted by Crippen LogP contribution is -2.49. The number of amides is 1. The second-order valence-electron chi connectivity index (χ2n) is 7.31. The minimum absolute atomic E-state index is 0.184. The Hall–Kier alpha value is -2.35. The van der Waals surface area contributed by atoms with Crippen molar-refractivity contribution in [3.8, 4) is 0 Å². The number of rotatable bonds is 12. The van der Waals surface area contributed by atoms with Crippen LogP contribution in [0.5, 0.6) is 0 Å². The van der Waals surface area contributed by atoms with Gasteiger partial charge in [-0.05, 0) is 31.9 Å². The molecule has 0 bridgehead atoms. The summed E-state index contributed by atoms with van der Waals surface area (Å²) in [6.45, 7) is 11.0. The zero-order chi connectivity index (χ0) is 21.4. The second-order valence-corrected chi connectivity index (χ2v) is 7.31. The molecule has 1 saturated heterocycles. The normalized spacial score (nSPS) is 14.7. The number of pyridine rings is 1. The van der Waals surface area contributed by atoms with Gasteiger partial charge in [-0.3, -0.25) is 9.79 Å². The first kappa shape index (κ1) is 23.9. The topological polar surface area (TPSA) is 82.1 Å². The van der Waals surface area contributed by atoms with E-state index < -0.39 is 0 Å². The lowest BCUT2D eigenvalue weighted by atomic mass is 10.2. The molecule has 0 saturated carbocycles. The Kier molecular flexibility index (Phi) is 11.6. The number of carbonyl (C=O) groups excluding carboxylic acids is 1. The molecule has 0 spiro atoms. The predicted octanol–water partition coefficient (Wildman–Crippen LogP) is 1.88. The Balaban J connectivity index is 1.63. The highest BCUT2D eigenvalue weighted by molar-refractivity contribution is 5.81. The van der Waals surface area contributed by atoms with E-state index in [1.54, 1.807) is 0 Å². The largest absolute Gasteiger partial charge is 0.381 e. The number of hydrogen-bond donors (Lipinski definition) is 2. The van der Waals surface area contributed by atoms with Crippen molar-refractivity contribution in [2.75, 3.05) is 63.9 Å². The first-order valence-electron chi connectivity index (χ1n) is 11.3. The third kappa shape index (κ3) is 8.98. The molecule has 0 unspecified atom stereocenters. The summed E-state index contributed by atoms with van der Waals surface area (Å²) in [5.41, 5.74) is 0. The highest BCUT2D eigenvalue weighted by Crippen LogP contribution is 2.12. The number of hydrogen-bond acceptors (Lipinski definition) is 5. The van der Waals surface area contributed by atoms with E-state index in [0.717, 1.165) is 77.0 Å². The van der Waals surface area contributed by atoms with Crippen LogP contribution in [0, 0.1) is 0 Å². The fraction of sp³-hybridized carbons (Fsp3) is 0.682. The molecule has 0 atom stereocenters. The second kappa shape index (κ2) is 14.6. The van der Waals surface area contributed by atoms with Crippen molar-refractivity contribution in [1.29, 1.82) is 0 Å². The van der Waals surface area contributed by atoms with Crippen molar-refractivity contribution < 1.29 is 9.53 Å². The SMILES string of the molecule is CCCCOCCCN=C(NCC)NCCC(=O)N1CCN(c2ccccn2)CC1. The smallest absolute Gasteiger partial charge is 0.224 e. The lowest BCUT2D eigenvalue weighted by molar-refractivity contribution is -0.131. The zero-order valence-electron chi connectivity index (χ0n) is 18.6. The molecule has 1 aromatic rings. The Morgan fingerprint density at radius 1 is 1.13 bits per heavy atom. The van der Waals surface area contributed by atoms with E-state index >= 15 is 0 Å². The fourth-order valence-electron chi connectivity index (χ4n) is 3.22. The van der Waals surface area contributed by atoms with Gasteiger partial charge in [0.2, 0.25) is 5.91 Å². The third-order valence-electron chi connectivity index (χ3n) is 4.94. The lowest BCUT2D eigenvalue weighted by Gasteiger charge is -2.35. The van der Waals surface area contributed by atoms with Crippen LogP contribution in [-0.4, -0.2) is 80.8 Å². The van der Waals surface area contributed by atoms with Gasteiger partial charge in [0.15, 0.2) is 5.96 Å². The van der Waals surface area contributed by atoms with Gasteiger partial charge in [-0.25, -0.2) is 4.98 Å². The number of nitrogens with zero attached hydrogens (tertiary/aromatic N) is 4. The molecule has 0 aliphatic carbocycles. The van der Waals surface area contributed by atoms with Gasteiger partial charge in [0.25, 0.3) is 0 Å². The Bertz CT molecular complexity index is 617. The summed E-state index contributed by atoms with van der Waals surface area (Å²) in [5.74, 6) is 1.93. The molecule has 8 nitrogen and oxygen atoms in total. The molecule has 1 aromatic heterocycles. The van der Waals surface area contributed by atoms with Crippen LogP contribution < -0.4 is 15.5 Å². The maximum Gasteiger partial charge on any atom is 0.224 e. The molecule has 8 heteroatoms. The van der Waals surface area contributed by atoms with Gasteiger partial charge in [0.1, 0.15) is 5.82 Å². The highest BCUT2D eigenvalue weighted by atomic mass is 16.5. The molecule has 1 fully saturated rings. The molecular weight excluding hydrogens is 380 g/mol. The summed E-state index contributed by atoms with van der Waals surface area (Å²) >= 11 is 0. The minimum Gasteiger partial charge on any atom is -0.381 e. The van der Waals surface area contributed by atoms with Gasteiger partial charge in [0, 0.05) is 71.6 Å².